The summed E-state index contributed by atoms with van der Waals surface area (Å²) < 4.78 is 27.4. The number of fused-ring (bicyclic) bond motifs is 1. The highest BCUT2D eigenvalue weighted by atomic mass is 32.2. The van der Waals surface area contributed by atoms with E-state index < -0.39 is 23.5 Å². The molecule has 1 aliphatic heterocycles. The first-order valence-corrected chi connectivity index (χ1v) is 15.2. The quantitative estimate of drug-likeness (QED) is 0.0737. The fraction of sp³-hybridized carbons (Fsp3) is 0.194. The number of carbonyl (C=O) groups excluding carboxylic acids is 2. The first-order chi connectivity index (χ1) is 21.2. The summed E-state index contributed by atoms with van der Waals surface area (Å²) in [6, 6.07) is 14.1. The van der Waals surface area contributed by atoms with Crippen molar-refractivity contribution in [2.45, 2.75) is 30.0 Å². The molecule has 3 aromatic heterocycles. The van der Waals surface area contributed by atoms with Crippen LogP contribution in [-0.4, -0.2) is 50.6 Å². The average Bonchev–Trinajstić information content (AvgIpc) is 3.71. The average molecular weight is 632 g/mol. The lowest BCUT2D eigenvalue weighted by Crippen LogP contribution is -2.29. The summed E-state index contributed by atoms with van der Waals surface area (Å²) in [6.07, 6.45) is 1.81. The molecule has 44 heavy (non-hydrogen) atoms. The predicted octanol–water partition coefficient (Wildman–Crippen LogP) is 5.88. The second-order valence-electron chi connectivity index (χ2n) is 9.94. The lowest BCUT2D eigenvalue weighted by atomic mass is 9.96. The van der Waals surface area contributed by atoms with Crippen LogP contribution in [0.3, 0.4) is 0 Å². The number of amides is 1. The zero-order valence-corrected chi connectivity index (χ0v) is 25.7. The Morgan fingerprint density at radius 2 is 1.82 bits per heavy atom. The summed E-state index contributed by atoms with van der Waals surface area (Å²) in [4.78, 5) is 33.3. The van der Waals surface area contributed by atoms with Gasteiger partial charge in [0, 0.05) is 11.9 Å². The number of ketones is 1. The number of aromatic nitrogens is 4. The highest BCUT2D eigenvalue weighted by molar-refractivity contribution is 8.00. The third-order valence-corrected chi connectivity index (χ3v) is 9.49. The number of halogens is 1. The number of aryl methyl sites for hydroxylation is 2. The molecule has 0 bridgehead atoms. The van der Waals surface area contributed by atoms with E-state index in [1.807, 2.05) is 29.7 Å². The lowest BCUT2D eigenvalue weighted by Gasteiger charge is -2.23. The fourth-order valence-corrected chi connectivity index (χ4v) is 7.01. The van der Waals surface area contributed by atoms with Gasteiger partial charge in [-0.15, -0.1) is 10.2 Å². The third kappa shape index (κ3) is 4.97. The van der Waals surface area contributed by atoms with Gasteiger partial charge in [-0.25, -0.2) is 9.37 Å². The van der Waals surface area contributed by atoms with Gasteiger partial charge in [0.1, 0.15) is 17.2 Å². The molecule has 0 radical (unpaired) electrons. The third-order valence-electron chi connectivity index (χ3n) is 7.39. The number of benzene rings is 2. The first kappa shape index (κ1) is 29.3. The van der Waals surface area contributed by atoms with Gasteiger partial charge in [-0.1, -0.05) is 53.4 Å². The van der Waals surface area contributed by atoms with Crippen LogP contribution in [0.1, 0.15) is 34.1 Å². The van der Waals surface area contributed by atoms with Crippen LogP contribution in [0.25, 0.3) is 11.4 Å². The van der Waals surface area contributed by atoms with E-state index in [2.05, 4.69) is 15.2 Å². The summed E-state index contributed by atoms with van der Waals surface area (Å²) >= 11 is 2.35. The van der Waals surface area contributed by atoms with Gasteiger partial charge in [0.15, 0.2) is 21.6 Å². The number of carbonyl (C=O) groups is 2. The SMILES string of the molecule is COc1ccc(C2C(=C(O)c3nc4c(C)cccn4c3C)C(=O)C(=O)N2c2nnc(SCc3ccccc3F)s2)cc1OC. The van der Waals surface area contributed by atoms with Crippen molar-refractivity contribution in [1.82, 2.24) is 19.6 Å². The molecule has 0 aliphatic carbocycles. The molecular weight excluding hydrogens is 606 g/mol. The number of rotatable bonds is 8. The molecule has 10 nitrogen and oxygen atoms in total. The minimum atomic E-state index is -1.09. The van der Waals surface area contributed by atoms with E-state index >= 15 is 0 Å². The molecule has 1 atom stereocenters. The first-order valence-electron chi connectivity index (χ1n) is 13.4. The van der Waals surface area contributed by atoms with Crippen LogP contribution in [0, 0.1) is 19.7 Å². The van der Waals surface area contributed by atoms with Crippen LogP contribution in [0.2, 0.25) is 0 Å². The second-order valence-corrected chi connectivity index (χ2v) is 12.1. The normalized spacial score (nSPS) is 16.2. The van der Waals surface area contributed by atoms with Gasteiger partial charge >= 0.3 is 5.91 Å². The summed E-state index contributed by atoms with van der Waals surface area (Å²) in [6.45, 7) is 3.67. The number of pyridine rings is 1. The molecule has 0 spiro atoms. The maximum Gasteiger partial charge on any atom is 0.301 e. The Morgan fingerprint density at radius 1 is 1.05 bits per heavy atom. The number of methoxy groups -OCH3 is 2. The van der Waals surface area contributed by atoms with Gasteiger partial charge in [-0.05, 0) is 54.8 Å². The molecule has 1 N–H and O–H groups in total. The number of Topliss-reactive ketones (excluding diaryl/α,β-unsaturated/α-hetero) is 1. The van der Waals surface area contributed by atoms with E-state index in [1.54, 1.807) is 43.3 Å². The van der Waals surface area contributed by atoms with Crippen molar-refractivity contribution in [3.05, 3.63) is 100 Å². The topological polar surface area (TPSA) is 119 Å². The number of ether oxygens (including phenoxy) is 2. The molecule has 1 saturated heterocycles. The molecule has 224 valence electrons. The smallest absolute Gasteiger partial charge is 0.301 e. The zero-order chi connectivity index (χ0) is 31.1. The molecular formula is C31H26FN5O5S2. The highest BCUT2D eigenvalue weighted by Crippen LogP contribution is 2.46. The molecule has 5 aromatic rings. The van der Waals surface area contributed by atoms with E-state index in [-0.39, 0.29) is 22.2 Å². The number of nitrogens with zero attached hydrogens (tertiary/aromatic N) is 5. The molecule has 1 unspecified atom stereocenters. The number of aliphatic hydroxyl groups is 1. The van der Waals surface area contributed by atoms with Gasteiger partial charge in [-0.2, -0.15) is 0 Å². The molecule has 1 aliphatic rings. The van der Waals surface area contributed by atoms with Crippen molar-refractivity contribution >= 4 is 51.3 Å². The van der Waals surface area contributed by atoms with Gasteiger partial charge in [0.2, 0.25) is 5.13 Å². The Balaban J connectivity index is 1.47. The van der Waals surface area contributed by atoms with E-state index in [4.69, 9.17) is 9.47 Å². The van der Waals surface area contributed by atoms with Crippen molar-refractivity contribution in [3.63, 3.8) is 0 Å². The molecule has 13 heteroatoms. The predicted molar refractivity (Wildman–Crippen MR) is 165 cm³/mol. The van der Waals surface area contributed by atoms with Crippen molar-refractivity contribution < 1.29 is 28.6 Å². The second kappa shape index (κ2) is 11.7. The van der Waals surface area contributed by atoms with Crippen molar-refractivity contribution in [2.24, 2.45) is 0 Å². The molecule has 1 fully saturated rings. The molecule has 6 rings (SSSR count). The Kier molecular flexibility index (Phi) is 7.82. The van der Waals surface area contributed by atoms with Gasteiger partial charge in [-0.3, -0.25) is 14.5 Å². The number of aliphatic hydroxyl groups excluding tert-OH is 1. The van der Waals surface area contributed by atoms with E-state index in [0.717, 1.165) is 16.9 Å². The lowest BCUT2D eigenvalue weighted by molar-refractivity contribution is -0.132. The number of hydrogen-bond acceptors (Lipinski definition) is 10. The molecule has 1 amide bonds. The van der Waals surface area contributed by atoms with Gasteiger partial charge < -0.3 is 19.0 Å². The van der Waals surface area contributed by atoms with Crippen LogP contribution in [0.4, 0.5) is 9.52 Å². The summed E-state index contributed by atoms with van der Waals surface area (Å²) in [7, 11) is 2.98. The van der Waals surface area contributed by atoms with Gasteiger partial charge in [0.25, 0.3) is 5.78 Å². The monoisotopic (exact) mass is 631 g/mol. The molecule has 2 aromatic carbocycles. The van der Waals surface area contributed by atoms with E-state index in [0.29, 0.717) is 44.1 Å². The summed E-state index contributed by atoms with van der Waals surface area (Å²) in [5, 5.41) is 20.3. The maximum absolute atomic E-state index is 14.2. The van der Waals surface area contributed by atoms with E-state index in [9.17, 15) is 19.1 Å². The van der Waals surface area contributed by atoms with Crippen molar-refractivity contribution in [1.29, 1.82) is 0 Å². The number of anilines is 1. The maximum atomic E-state index is 14.2. The molecule has 0 saturated carbocycles. The van der Waals surface area contributed by atoms with Crippen LogP contribution < -0.4 is 14.4 Å². The number of thioether (sulfide) groups is 1. The van der Waals surface area contributed by atoms with Crippen LogP contribution in [-0.2, 0) is 15.3 Å². The number of imidazole rings is 1. The highest BCUT2D eigenvalue weighted by Gasteiger charge is 2.49. The summed E-state index contributed by atoms with van der Waals surface area (Å²) in [5.41, 5.74) is 3.09. The van der Waals surface area contributed by atoms with Crippen LogP contribution >= 0.6 is 23.1 Å². The largest absolute Gasteiger partial charge is 0.505 e. The Morgan fingerprint density at radius 3 is 2.55 bits per heavy atom. The van der Waals surface area contributed by atoms with Crippen LogP contribution in [0.5, 0.6) is 11.5 Å². The van der Waals surface area contributed by atoms with Crippen LogP contribution in [0.15, 0.2) is 70.7 Å². The zero-order valence-electron chi connectivity index (χ0n) is 24.1. The fourth-order valence-electron chi connectivity index (χ4n) is 5.16. The Labute approximate surface area is 259 Å². The minimum Gasteiger partial charge on any atom is -0.505 e. The Hall–Kier alpha value is -4.75. The van der Waals surface area contributed by atoms with Gasteiger partial charge in [0.05, 0.1) is 31.5 Å². The standard InChI is InChI=1S/C31H26FN5O5S2/c1-16-8-7-13-36-17(2)24(33-28(16)36)26(38)23-25(18-11-12-21(41-3)22(14-18)42-4)37(29(40)27(23)39)30-34-35-31(44-30)43-15-19-9-5-6-10-20(19)32/h5-14,25,38H,15H2,1-4H3. The van der Waals surface area contributed by atoms with Crippen molar-refractivity contribution in [2.75, 3.05) is 19.1 Å². The summed E-state index contributed by atoms with van der Waals surface area (Å²) in [5.74, 6) is -1.41. The number of hydrogen-bond donors (Lipinski definition) is 1. The minimum absolute atomic E-state index is 0.143. The molecule has 4 heterocycles. The van der Waals surface area contributed by atoms with E-state index in [1.165, 1.54) is 36.9 Å². The Bertz CT molecular complexity index is 1970. The van der Waals surface area contributed by atoms with Crippen molar-refractivity contribution in [3.8, 4) is 11.5 Å².